The highest BCUT2D eigenvalue weighted by Gasteiger charge is 2.53. The fourth-order valence-electron chi connectivity index (χ4n) is 5.92. The van der Waals surface area contributed by atoms with E-state index < -0.39 is 5.82 Å². The molecule has 1 atom stereocenters. The van der Waals surface area contributed by atoms with Crippen molar-refractivity contribution in [1.29, 1.82) is 0 Å². The molecule has 9 heteroatoms. The average molecular weight is 535 g/mol. The van der Waals surface area contributed by atoms with E-state index >= 15 is 0 Å². The molecule has 8 nitrogen and oxygen atoms in total. The van der Waals surface area contributed by atoms with E-state index in [-0.39, 0.29) is 23.1 Å². The zero-order chi connectivity index (χ0) is 27.7. The highest BCUT2D eigenvalue weighted by atomic mass is 19.1. The summed E-state index contributed by atoms with van der Waals surface area (Å²) in [7, 11) is 1.86. The van der Waals surface area contributed by atoms with Crippen molar-refractivity contribution < 1.29 is 13.9 Å². The van der Waals surface area contributed by atoms with Crippen molar-refractivity contribution in [3.8, 4) is 5.75 Å². The number of nitrogens with zero attached hydrogens (tertiary/aromatic N) is 5. The average Bonchev–Trinajstić information content (AvgIpc) is 3.57. The summed E-state index contributed by atoms with van der Waals surface area (Å²) in [6.07, 6.45) is 7.02. The van der Waals surface area contributed by atoms with E-state index in [0.29, 0.717) is 25.4 Å². The first-order valence-corrected chi connectivity index (χ1v) is 14.0. The number of ether oxygens (including phenoxy) is 1. The maximum atomic E-state index is 14.2. The Morgan fingerprint density at radius 1 is 1.18 bits per heavy atom. The minimum absolute atomic E-state index is 0.00114. The number of hydrogen-bond donors (Lipinski definition) is 1. The number of carbonyl (C=O) groups is 1. The van der Waals surface area contributed by atoms with Crippen LogP contribution in [0.1, 0.15) is 79.3 Å². The topological polar surface area (TPSA) is 75.5 Å². The molecule has 2 aliphatic rings. The van der Waals surface area contributed by atoms with E-state index in [1.54, 1.807) is 12.3 Å². The van der Waals surface area contributed by atoms with Gasteiger partial charge in [0, 0.05) is 49.6 Å². The van der Waals surface area contributed by atoms with E-state index in [9.17, 15) is 9.18 Å². The van der Waals surface area contributed by atoms with Crippen LogP contribution < -0.4 is 10.1 Å². The first-order valence-electron chi connectivity index (χ1n) is 14.0. The number of pyridine rings is 1. The molecule has 3 heterocycles. The highest BCUT2D eigenvalue weighted by Crippen LogP contribution is 2.55. The Labute approximate surface area is 230 Å². The third-order valence-corrected chi connectivity index (χ3v) is 8.25. The molecule has 0 unspecified atom stereocenters. The summed E-state index contributed by atoms with van der Waals surface area (Å²) >= 11 is 0. The van der Waals surface area contributed by atoms with Gasteiger partial charge in [0.2, 0.25) is 5.95 Å². The molecule has 1 spiro atoms. The predicted octanol–water partition coefficient (Wildman–Crippen LogP) is 5.00. The van der Waals surface area contributed by atoms with Gasteiger partial charge in [0.25, 0.3) is 5.91 Å². The predicted molar refractivity (Wildman–Crippen MR) is 150 cm³/mol. The van der Waals surface area contributed by atoms with Gasteiger partial charge in [-0.15, -0.1) is 0 Å². The van der Waals surface area contributed by atoms with Crippen LogP contribution in [-0.4, -0.2) is 63.5 Å². The SMILES string of the molecule is CCOc1cc([C@H](C)N2CC3(CC3)c3c(CN(CC)CC)cc(Cn4ccnc4NC)cc3C2=O)ncc1F. The monoisotopic (exact) mass is 534 g/mol. The molecule has 3 aromatic rings. The summed E-state index contributed by atoms with van der Waals surface area (Å²) in [5.41, 5.74) is 4.89. The van der Waals surface area contributed by atoms with Crippen molar-refractivity contribution >= 4 is 11.9 Å². The lowest BCUT2D eigenvalue weighted by molar-refractivity contribution is 0.0633. The first kappa shape index (κ1) is 27.1. The maximum absolute atomic E-state index is 14.2. The molecule has 39 heavy (non-hydrogen) atoms. The number of benzene rings is 1. The smallest absolute Gasteiger partial charge is 0.254 e. The third-order valence-electron chi connectivity index (χ3n) is 8.25. The summed E-state index contributed by atoms with van der Waals surface area (Å²) in [6, 6.07) is 5.68. The normalized spacial score (nSPS) is 16.5. The van der Waals surface area contributed by atoms with Gasteiger partial charge in [0.1, 0.15) is 0 Å². The summed E-state index contributed by atoms with van der Waals surface area (Å²) in [6.45, 7) is 12.5. The number of fused-ring (bicyclic) bond motifs is 2. The number of carbonyl (C=O) groups excluding carboxylic acids is 1. The molecule has 5 rings (SSSR count). The Bertz CT molecular complexity index is 1350. The number of imidazole rings is 1. The van der Waals surface area contributed by atoms with E-state index in [2.05, 4.69) is 50.7 Å². The second kappa shape index (κ2) is 11.0. The summed E-state index contributed by atoms with van der Waals surface area (Å²) in [5, 5.41) is 3.14. The largest absolute Gasteiger partial charge is 0.491 e. The van der Waals surface area contributed by atoms with Gasteiger partial charge in [-0.05, 0) is 62.5 Å². The van der Waals surface area contributed by atoms with Crippen molar-refractivity contribution in [3.63, 3.8) is 0 Å². The van der Waals surface area contributed by atoms with Crippen LogP contribution in [-0.2, 0) is 18.5 Å². The van der Waals surface area contributed by atoms with Crippen LogP contribution in [0.4, 0.5) is 10.3 Å². The van der Waals surface area contributed by atoms with Gasteiger partial charge in [-0.3, -0.25) is 14.7 Å². The molecule has 2 aromatic heterocycles. The van der Waals surface area contributed by atoms with Crippen LogP contribution in [0, 0.1) is 5.82 Å². The highest BCUT2D eigenvalue weighted by molar-refractivity contribution is 5.98. The number of rotatable bonds is 11. The molecule has 208 valence electrons. The standard InChI is InChI=1S/C30H39FN6O2/c1-6-35(7-2)18-22-13-21(17-36-12-11-33-29(36)32-5)14-23-27(22)30(9-10-30)19-37(28(23)38)20(4)25-15-26(39-8-3)24(31)16-34-25/h11-16,20H,6-10,17-19H2,1-5H3,(H,32,33)/t20-/m0/s1. The fraction of sp³-hybridized carbons (Fsp3) is 0.500. The van der Waals surface area contributed by atoms with Crippen molar-refractivity contribution in [3.05, 3.63) is 70.6 Å². The van der Waals surface area contributed by atoms with Crippen molar-refractivity contribution in [2.45, 2.75) is 65.1 Å². The Hall–Kier alpha value is -3.46. The Morgan fingerprint density at radius 3 is 2.62 bits per heavy atom. The Kier molecular flexibility index (Phi) is 7.62. The lowest BCUT2D eigenvalue weighted by atomic mass is 9.81. The molecule has 1 aliphatic heterocycles. The Morgan fingerprint density at radius 2 is 1.95 bits per heavy atom. The van der Waals surface area contributed by atoms with Gasteiger partial charge in [0.05, 0.1) is 31.1 Å². The minimum atomic E-state index is -0.493. The molecular weight excluding hydrogens is 495 g/mol. The molecule has 1 saturated carbocycles. The van der Waals surface area contributed by atoms with Gasteiger partial charge >= 0.3 is 0 Å². The molecule has 1 amide bonds. The number of aromatic nitrogens is 3. The second-order valence-electron chi connectivity index (χ2n) is 10.6. The molecular formula is C30H39FN6O2. The van der Waals surface area contributed by atoms with E-state index in [1.165, 1.54) is 17.3 Å². The van der Waals surface area contributed by atoms with Gasteiger partial charge in [-0.2, -0.15) is 0 Å². The molecule has 1 fully saturated rings. The van der Waals surface area contributed by atoms with E-state index in [0.717, 1.165) is 49.6 Å². The zero-order valence-electron chi connectivity index (χ0n) is 23.6. The molecule has 0 saturated heterocycles. The van der Waals surface area contributed by atoms with Crippen molar-refractivity contribution in [2.75, 3.05) is 38.6 Å². The quantitative estimate of drug-likeness (QED) is 0.373. The molecule has 1 aromatic carbocycles. The van der Waals surface area contributed by atoms with Crippen LogP contribution in [0.3, 0.4) is 0 Å². The van der Waals surface area contributed by atoms with E-state index in [1.807, 2.05) is 32.0 Å². The third kappa shape index (κ3) is 5.12. The summed E-state index contributed by atoms with van der Waals surface area (Å²) < 4.78 is 21.8. The molecule has 0 radical (unpaired) electrons. The molecule has 1 aliphatic carbocycles. The van der Waals surface area contributed by atoms with Crippen molar-refractivity contribution in [2.24, 2.45) is 0 Å². The fourth-order valence-corrected chi connectivity index (χ4v) is 5.92. The Balaban J connectivity index is 1.57. The molecule has 0 bridgehead atoms. The minimum Gasteiger partial charge on any atom is -0.491 e. The lowest BCUT2D eigenvalue weighted by Crippen LogP contribution is -2.45. The van der Waals surface area contributed by atoms with E-state index in [4.69, 9.17) is 4.74 Å². The van der Waals surface area contributed by atoms with Gasteiger partial charge < -0.3 is 19.5 Å². The number of hydrogen-bond acceptors (Lipinski definition) is 6. The van der Waals surface area contributed by atoms with Crippen LogP contribution in [0.5, 0.6) is 5.75 Å². The van der Waals surface area contributed by atoms with Crippen LogP contribution in [0.25, 0.3) is 0 Å². The number of amides is 1. The van der Waals surface area contributed by atoms with Crippen LogP contribution in [0.15, 0.2) is 36.8 Å². The van der Waals surface area contributed by atoms with Crippen LogP contribution in [0.2, 0.25) is 0 Å². The van der Waals surface area contributed by atoms with Gasteiger partial charge in [0.15, 0.2) is 11.6 Å². The summed E-state index contributed by atoms with van der Waals surface area (Å²) in [4.78, 5) is 27.3. The molecule has 1 N–H and O–H groups in total. The zero-order valence-corrected chi connectivity index (χ0v) is 23.6. The second-order valence-corrected chi connectivity index (χ2v) is 10.6. The maximum Gasteiger partial charge on any atom is 0.254 e. The van der Waals surface area contributed by atoms with Crippen molar-refractivity contribution in [1.82, 2.24) is 24.3 Å². The van der Waals surface area contributed by atoms with Gasteiger partial charge in [-0.25, -0.2) is 9.37 Å². The lowest BCUT2D eigenvalue weighted by Gasteiger charge is -2.40. The number of anilines is 1. The summed E-state index contributed by atoms with van der Waals surface area (Å²) in [5.74, 6) is 0.463. The number of nitrogens with one attached hydrogen (secondary N) is 1. The first-order chi connectivity index (χ1) is 18.8. The van der Waals surface area contributed by atoms with Crippen LogP contribution >= 0.6 is 0 Å². The number of halogens is 1. The van der Waals surface area contributed by atoms with Gasteiger partial charge in [-0.1, -0.05) is 19.9 Å².